The van der Waals surface area contributed by atoms with Gasteiger partial charge in [-0.1, -0.05) is 48.0 Å². The zero-order valence-electron chi connectivity index (χ0n) is 16.0. The Labute approximate surface area is 176 Å². The Morgan fingerprint density at radius 3 is 2.28 bits per heavy atom. The molecule has 0 fully saturated rings. The van der Waals surface area contributed by atoms with Crippen LogP contribution in [-0.2, 0) is 27.7 Å². The molecule has 1 aliphatic rings. The molecule has 154 valence electrons. The summed E-state index contributed by atoms with van der Waals surface area (Å²) in [6, 6.07) is 14.3. The van der Waals surface area contributed by atoms with E-state index in [9.17, 15) is 13.2 Å². The first kappa shape index (κ1) is 21.6. The molecule has 2 N–H and O–H groups in total. The average Bonchev–Trinajstić information content (AvgIpc) is 3.05. The smallest absolute Gasteiger partial charge is 0.303 e. The molecule has 2 aromatic rings. The van der Waals surface area contributed by atoms with Crippen LogP contribution < -0.4 is 4.72 Å². The van der Waals surface area contributed by atoms with Gasteiger partial charge in [0.15, 0.2) is 0 Å². The van der Waals surface area contributed by atoms with Gasteiger partial charge in [0, 0.05) is 18.0 Å². The molecule has 0 aromatic heterocycles. The number of allylic oxidation sites excluding steroid dienone is 2. The normalized spacial score (nSPS) is 15.5. The Morgan fingerprint density at radius 2 is 1.69 bits per heavy atom. The molecule has 0 heterocycles. The second-order valence-corrected chi connectivity index (χ2v) is 9.71. The van der Waals surface area contributed by atoms with Crippen LogP contribution in [-0.4, -0.2) is 26.0 Å². The molecule has 3 rings (SSSR count). The van der Waals surface area contributed by atoms with Crippen molar-refractivity contribution in [1.29, 1.82) is 0 Å². The lowest BCUT2D eigenvalue weighted by molar-refractivity contribution is -0.136. The highest BCUT2D eigenvalue weighted by Crippen LogP contribution is 2.40. The van der Waals surface area contributed by atoms with Crippen LogP contribution in [0, 0.1) is 5.41 Å². The van der Waals surface area contributed by atoms with Gasteiger partial charge in [0.05, 0.1) is 4.90 Å². The molecule has 0 unspecified atom stereocenters. The monoisotopic (exact) mass is 433 g/mol. The van der Waals surface area contributed by atoms with E-state index in [0.717, 1.165) is 12.8 Å². The molecular weight excluding hydrogens is 410 g/mol. The van der Waals surface area contributed by atoms with Crippen LogP contribution >= 0.6 is 11.6 Å². The highest BCUT2D eigenvalue weighted by molar-refractivity contribution is 7.89. The van der Waals surface area contributed by atoms with Gasteiger partial charge in [-0.2, -0.15) is 0 Å². The minimum atomic E-state index is -3.65. The maximum Gasteiger partial charge on any atom is 0.303 e. The molecular formula is C22H24ClNO4S. The summed E-state index contributed by atoms with van der Waals surface area (Å²) in [5.74, 6) is -0.826. The highest BCUT2D eigenvalue weighted by Gasteiger charge is 2.37. The molecule has 0 bridgehead atoms. The van der Waals surface area contributed by atoms with E-state index < -0.39 is 16.0 Å². The number of carboxylic acid groups (broad SMARTS) is 1. The van der Waals surface area contributed by atoms with Crippen LogP contribution in [0.25, 0.3) is 0 Å². The molecule has 0 aliphatic heterocycles. The van der Waals surface area contributed by atoms with E-state index in [2.05, 4.69) is 16.9 Å². The van der Waals surface area contributed by atoms with E-state index in [1.165, 1.54) is 23.3 Å². The van der Waals surface area contributed by atoms with Crippen molar-refractivity contribution in [3.05, 3.63) is 76.8 Å². The van der Waals surface area contributed by atoms with Crippen molar-refractivity contribution >= 4 is 27.6 Å². The lowest BCUT2D eigenvalue weighted by Gasteiger charge is -2.28. The Bertz CT molecular complexity index is 975. The summed E-state index contributed by atoms with van der Waals surface area (Å²) in [6.07, 6.45) is 6.62. The van der Waals surface area contributed by atoms with Crippen molar-refractivity contribution in [2.45, 2.75) is 37.0 Å². The summed E-state index contributed by atoms with van der Waals surface area (Å²) >= 11 is 5.86. The maximum absolute atomic E-state index is 12.7. The summed E-state index contributed by atoms with van der Waals surface area (Å²) in [5, 5.41) is 9.26. The number of fused-ring (bicyclic) bond motifs is 1. The molecule has 1 aliphatic carbocycles. The first-order valence-corrected chi connectivity index (χ1v) is 11.3. The summed E-state index contributed by atoms with van der Waals surface area (Å²) in [5.41, 5.74) is 2.19. The predicted octanol–water partition coefficient (Wildman–Crippen LogP) is 4.21. The van der Waals surface area contributed by atoms with E-state index in [0.29, 0.717) is 24.4 Å². The van der Waals surface area contributed by atoms with E-state index in [1.807, 2.05) is 24.3 Å². The summed E-state index contributed by atoms with van der Waals surface area (Å²) in [6.45, 7) is 0.301. The van der Waals surface area contributed by atoms with Crippen molar-refractivity contribution in [2.75, 3.05) is 6.54 Å². The lowest BCUT2D eigenvalue weighted by atomic mass is 9.81. The standard InChI is InChI=1S/C22H24ClNO4S/c23-19-9-11-20(12-10-19)29(27,28)24-16-22(13-5-1-2-8-21(25)26)14-17-6-3-4-7-18(17)15-22/h1,3-7,9-12,24H,2,8,13-16H2,(H,25,26)/b5-1-. The van der Waals surface area contributed by atoms with Crippen LogP contribution in [0.4, 0.5) is 0 Å². The third kappa shape index (κ3) is 5.69. The molecule has 2 aromatic carbocycles. The van der Waals surface area contributed by atoms with Crippen molar-refractivity contribution in [3.8, 4) is 0 Å². The number of hydrogen-bond acceptors (Lipinski definition) is 3. The Balaban J connectivity index is 1.74. The Morgan fingerprint density at radius 1 is 1.07 bits per heavy atom. The first-order chi connectivity index (χ1) is 13.8. The molecule has 5 nitrogen and oxygen atoms in total. The third-order valence-corrected chi connectivity index (χ3v) is 6.92. The number of halogens is 1. The predicted molar refractivity (Wildman–Crippen MR) is 114 cm³/mol. The second-order valence-electron chi connectivity index (χ2n) is 7.51. The molecule has 29 heavy (non-hydrogen) atoms. The van der Waals surface area contributed by atoms with Gasteiger partial charge in [-0.05, 0) is 66.5 Å². The van der Waals surface area contributed by atoms with Crippen LogP contribution in [0.5, 0.6) is 0 Å². The van der Waals surface area contributed by atoms with E-state index in [4.69, 9.17) is 16.7 Å². The summed E-state index contributed by atoms with van der Waals surface area (Å²) in [4.78, 5) is 10.9. The van der Waals surface area contributed by atoms with Crippen molar-refractivity contribution in [1.82, 2.24) is 4.72 Å². The second kappa shape index (κ2) is 9.11. The fourth-order valence-electron chi connectivity index (χ4n) is 3.72. The van der Waals surface area contributed by atoms with Gasteiger partial charge in [0.1, 0.15) is 0 Å². The fraction of sp³-hybridized carbons (Fsp3) is 0.318. The summed E-state index contributed by atoms with van der Waals surface area (Å²) < 4.78 is 28.2. The van der Waals surface area contributed by atoms with Gasteiger partial charge < -0.3 is 5.11 Å². The van der Waals surface area contributed by atoms with Crippen LogP contribution in [0.1, 0.15) is 30.4 Å². The molecule has 0 saturated carbocycles. The number of rotatable bonds is 9. The van der Waals surface area contributed by atoms with Gasteiger partial charge >= 0.3 is 5.97 Å². The number of nitrogens with one attached hydrogen (secondary N) is 1. The molecule has 7 heteroatoms. The molecule has 0 amide bonds. The highest BCUT2D eigenvalue weighted by atomic mass is 35.5. The average molecular weight is 434 g/mol. The molecule has 0 atom stereocenters. The SMILES string of the molecule is O=C(O)CC/C=C\CC1(CNS(=O)(=O)c2ccc(Cl)cc2)Cc2ccccc2C1. The number of benzene rings is 2. The molecule has 0 radical (unpaired) electrons. The minimum Gasteiger partial charge on any atom is -0.481 e. The van der Waals surface area contributed by atoms with E-state index in [-0.39, 0.29) is 16.7 Å². The van der Waals surface area contributed by atoms with Crippen molar-refractivity contribution < 1.29 is 18.3 Å². The zero-order valence-corrected chi connectivity index (χ0v) is 17.5. The van der Waals surface area contributed by atoms with Gasteiger partial charge in [-0.25, -0.2) is 13.1 Å². The van der Waals surface area contributed by atoms with E-state index >= 15 is 0 Å². The number of hydrogen-bond donors (Lipinski definition) is 2. The quantitative estimate of drug-likeness (QED) is 0.580. The van der Waals surface area contributed by atoms with Gasteiger partial charge in [0.25, 0.3) is 0 Å². The number of carbonyl (C=O) groups is 1. The Kier molecular flexibility index (Phi) is 6.77. The lowest BCUT2D eigenvalue weighted by Crippen LogP contribution is -2.38. The van der Waals surface area contributed by atoms with Crippen LogP contribution in [0.15, 0.2) is 65.6 Å². The van der Waals surface area contributed by atoms with Crippen molar-refractivity contribution in [2.24, 2.45) is 5.41 Å². The Hall–Kier alpha value is -2.15. The van der Waals surface area contributed by atoms with Crippen LogP contribution in [0.2, 0.25) is 5.02 Å². The fourth-order valence-corrected chi connectivity index (χ4v) is 5.00. The van der Waals surface area contributed by atoms with Gasteiger partial charge in [0.2, 0.25) is 10.0 Å². The topological polar surface area (TPSA) is 83.5 Å². The van der Waals surface area contributed by atoms with Gasteiger partial charge in [-0.3, -0.25) is 4.79 Å². The minimum absolute atomic E-state index is 0.0902. The number of carboxylic acids is 1. The number of aliphatic carboxylic acids is 1. The first-order valence-electron chi connectivity index (χ1n) is 9.49. The third-order valence-electron chi connectivity index (χ3n) is 5.25. The zero-order chi connectivity index (χ0) is 20.9. The number of sulfonamides is 1. The largest absolute Gasteiger partial charge is 0.481 e. The maximum atomic E-state index is 12.7. The summed E-state index contributed by atoms with van der Waals surface area (Å²) in [7, 11) is -3.65. The van der Waals surface area contributed by atoms with E-state index in [1.54, 1.807) is 12.1 Å². The van der Waals surface area contributed by atoms with Gasteiger partial charge in [-0.15, -0.1) is 0 Å². The molecule has 0 saturated heterocycles. The van der Waals surface area contributed by atoms with Crippen LogP contribution in [0.3, 0.4) is 0 Å². The molecule has 0 spiro atoms. The van der Waals surface area contributed by atoms with Crippen molar-refractivity contribution in [3.63, 3.8) is 0 Å².